The molecule has 80 valence electrons. The Morgan fingerprint density at radius 1 is 1.44 bits per heavy atom. The second-order valence-corrected chi connectivity index (χ2v) is 4.43. The Morgan fingerprint density at radius 2 is 2.31 bits per heavy atom. The Balaban J connectivity index is 2.26. The van der Waals surface area contributed by atoms with Crippen LogP contribution in [0.2, 0.25) is 0 Å². The SMILES string of the molecule is Cc1nn(-c2c[nH]c3ncccc23)cc1Br. The lowest BCUT2D eigenvalue weighted by atomic mass is 10.3. The zero-order valence-corrected chi connectivity index (χ0v) is 10.2. The minimum Gasteiger partial charge on any atom is -0.344 e. The minimum atomic E-state index is 0.877. The molecular weight excluding hydrogens is 268 g/mol. The zero-order chi connectivity index (χ0) is 11.1. The molecule has 0 aliphatic rings. The standard InChI is InChI=1S/C11H9BrN4/c1-7-9(12)6-16(15-7)10-5-14-11-8(10)3-2-4-13-11/h2-6H,1H3,(H,13,14). The number of aromatic amines is 1. The van der Waals surface area contributed by atoms with Gasteiger partial charge >= 0.3 is 0 Å². The molecule has 3 aromatic heterocycles. The first-order chi connectivity index (χ1) is 7.75. The third-order valence-electron chi connectivity index (χ3n) is 2.52. The van der Waals surface area contributed by atoms with Gasteiger partial charge in [0.25, 0.3) is 0 Å². The fraction of sp³-hybridized carbons (Fsp3) is 0.0909. The van der Waals surface area contributed by atoms with Gasteiger partial charge in [-0.1, -0.05) is 0 Å². The van der Waals surface area contributed by atoms with Gasteiger partial charge < -0.3 is 4.98 Å². The van der Waals surface area contributed by atoms with Crippen LogP contribution in [0.5, 0.6) is 0 Å². The van der Waals surface area contributed by atoms with Crippen LogP contribution < -0.4 is 0 Å². The van der Waals surface area contributed by atoms with E-state index in [4.69, 9.17) is 0 Å². The molecule has 0 saturated carbocycles. The van der Waals surface area contributed by atoms with Crippen molar-refractivity contribution in [2.24, 2.45) is 0 Å². The van der Waals surface area contributed by atoms with E-state index in [0.29, 0.717) is 0 Å². The number of hydrogen-bond acceptors (Lipinski definition) is 2. The Hall–Kier alpha value is -1.62. The quantitative estimate of drug-likeness (QED) is 0.743. The van der Waals surface area contributed by atoms with Crippen LogP contribution in [0.15, 0.2) is 35.2 Å². The van der Waals surface area contributed by atoms with E-state index in [1.54, 1.807) is 6.20 Å². The van der Waals surface area contributed by atoms with E-state index < -0.39 is 0 Å². The minimum absolute atomic E-state index is 0.877. The zero-order valence-electron chi connectivity index (χ0n) is 8.61. The molecule has 0 spiro atoms. The smallest absolute Gasteiger partial charge is 0.139 e. The highest BCUT2D eigenvalue weighted by atomic mass is 79.9. The molecule has 0 saturated heterocycles. The average Bonchev–Trinajstić information content (AvgIpc) is 2.83. The van der Waals surface area contributed by atoms with Crippen LogP contribution >= 0.6 is 15.9 Å². The Morgan fingerprint density at radius 3 is 3.06 bits per heavy atom. The summed E-state index contributed by atoms with van der Waals surface area (Å²) in [6, 6.07) is 3.95. The van der Waals surface area contributed by atoms with E-state index >= 15 is 0 Å². The van der Waals surface area contributed by atoms with Gasteiger partial charge in [0.2, 0.25) is 0 Å². The molecule has 0 unspecified atom stereocenters. The fourth-order valence-corrected chi connectivity index (χ4v) is 1.97. The number of nitrogens with zero attached hydrogens (tertiary/aromatic N) is 3. The molecule has 3 aromatic rings. The van der Waals surface area contributed by atoms with E-state index in [9.17, 15) is 0 Å². The Labute approximate surface area is 100 Å². The summed E-state index contributed by atoms with van der Waals surface area (Å²) in [6.07, 6.45) is 5.63. The number of fused-ring (bicyclic) bond motifs is 1. The van der Waals surface area contributed by atoms with Gasteiger partial charge in [0, 0.05) is 24.0 Å². The van der Waals surface area contributed by atoms with Gasteiger partial charge in [0.1, 0.15) is 5.65 Å². The second kappa shape index (κ2) is 3.45. The molecule has 0 aliphatic heterocycles. The van der Waals surface area contributed by atoms with E-state index in [0.717, 1.165) is 26.9 Å². The summed E-state index contributed by atoms with van der Waals surface area (Å²) >= 11 is 3.46. The van der Waals surface area contributed by atoms with Gasteiger partial charge in [-0.25, -0.2) is 9.67 Å². The predicted molar refractivity (Wildman–Crippen MR) is 65.7 cm³/mol. The number of hydrogen-bond donors (Lipinski definition) is 1. The number of halogens is 1. The van der Waals surface area contributed by atoms with Crippen LogP contribution in [0.1, 0.15) is 5.69 Å². The number of H-pyrrole nitrogens is 1. The lowest BCUT2D eigenvalue weighted by molar-refractivity contribution is 0.868. The first-order valence-corrected chi connectivity index (χ1v) is 5.69. The topological polar surface area (TPSA) is 46.5 Å². The predicted octanol–water partition coefficient (Wildman–Crippen LogP) is 2.82. The molecule has 3 rings (SSSR count). The number of aromatic nitrogens is 4. The maximum absolute atomic E-state index is 4.42. The molecule has 0 aliphatic carbocycles. The monoisotopic (exact) mass is 276 g/mol. The fourth-order valence-electron chi connectivity index (χ4n) is 1.69. The summed E-state index contributed by atoms with van der Waals surface area (Å²) < 4.78 is 2.85. The van der Waals surface area contributed by atoms with Crippen LogP contribution in [0.3, 0.4) is 0 Å². The molecule has 3 heterocycles. The summed E-state index contributed by atoms with van der Waals surface area (Å²) in [6.45, 7) is 1.97. The normalized spacial score (nSPS) is 11.1. The highest BCUT2D eigenvalue weighted by Gasteiger charge is 2.08. The van der Waals surface area contributed by atoms with Crippen LogP contribution in [0, 0.1) is 6.92 Å². The van der Waals surface area contributed by atoms with Gasteiger partial charge in [-0.15, -0.1) is 0 Å². The lowest BCUT2D eigenvalue weighted by Crippen LogP contribution is -1.93. The number of nitrogens with one attached hydrogen (secondary N) is 1. The average molecular weight is 277 g/mol. The molecule has 0 bridgehead atoms. The summed E-state index contributed by atoms with van der Waals surface area (Å²) in [5.41, 5.74) is 2.86. The molecule has 0 radical (unpaired) electrons. The van der Waals surface area contributed by atoms with Gasteiger partial charge in [-0.05, 0) is 35.0 Å². The van der Waals surface area contributed by atoms with Gasteiger partial charge in [-0.3, -0.25) is 0 Å². The van der Waals surface area contributed by atoms with Crippen LogP contribution in [0.25, 0.3) is 16.7 Å². The lowest BCUT2D eigenvalue weighted by Gasteiger charge is -1.97. The highest BCUT2D eigenvalue weighted by Crippen LogP contribution is 2.22. The van der Waals surface area contributed by atoms with Gasteiger partial charge in [0.05, 0.1) is 15.9 Å². The van der Waals surface area contributed by atoms with Gasteiger partial charge in [0.15, 0.2) is 0 Å². The third-order valence-corrected chi connectivity index (χ3v) is 3.29. The van der Waals surface area contributed by atoms with Crippen molar-refractivity contribution >= 4 is 27.0 Å². The van der Waals surface area contributed by atoms with Crippen LogP contribution in [-0.2, 0) is 0 Å². The Bertz CT molecular complexity index is 633. The molecule has 0 amide bonds. The van der Waals surface area contributed by atoms with Crippen LogP contribution in [0.4, 0.5) is 0 Å². The molecule has 0 atom stereocenters. The van der Waals surface area contributed by atoms with Crippen molar-refractivity contribution in [2.45, 2.75) is 6.92 Å². The van der Waals surface area contributed by atoms with E-state index in [-0.39, 0.29) is 0 Å². The van der Waals surface area contributed by atoms with E-state index in [2.05, 4.69) is 31.0 Å². The summed E-state index contributed by atoms with van der Waals surface area (Å²) in [5, 5.41) is 5.49. The van der Waals surface area contributed by atoms with Crippen LogP contribution in [-0.4, -0.2) is 19.7 Å². The molecule has 0 fully saturated rings. The van der Waals surface area contributed by atoms with Crippen molar-refractivity contribution < 1.29 is 0 Å². The molecular formula is C11H9BrN4. The maximum atomic E-state index is 4.42. The first kappa shape index (κ1) is 9.59. The van der Waals surface area contributed by atoms with Crippen molar-refractivity contribution in [1.29, 1.82) is 0 Å². The second-order valence-electron chi connectivity index (χ2n) is 3.58. The maximum Gasteiger partial charge on any atom is 0.139 e. The van der Waals surface area contributed by atoms with Gasteiger partial charge in [-0.2, -0.15) is 5.10 Å². The molecule has 0 aromatic carbocycles. The summed E-state index contributed by atoms with van der Waals surface area (Å²) in [7, 11) is 0. The summed E-state index contributed by atoms with van der Waals surface area (Å²) in [4.78, 5) is 7.38. The number of aryl methyl sites for hydroxylation is 1. The number of pyridine rings is 1. The Kier molecular flexibility index (Phi) is 2.07. The highest BCUT2D eigenvalue weighted by molar-refractivity contribution is 9.10. The van der Waals surface area contributed by atoms with Crippen molar-refractivity contribution in [2.75, 3.05) is 0 Å². The van der Waals surface area contributed by atoms with Crippen molar-refractivity contribution in [3.8, 4) is 5.69 Å². The van der Waals surface area contributed by atoms with Crippen molar-refractivity contribution in [1.82, 2.24) is 19.7 Å². The van der Waals surface area contributed by atoms with E-state index in [1.165, 1.54) is 0 Å². The third kappa shape index (κ3) is 1.36. The first-order valence-electron chi connectivity index (χ1n) is 4.90. The van der Waals surface area contributed by atoms with Crippen molar-refractivity contribution in [3.05, 3.63) is 40.9 Å². The van der Waals surface area contributed by atoms with E-state index in [1.807, 2.05) is 36.1 Å². The summed E-state index contributed by atoms with van der Waals surface area (Å²) in [5.74, 6) is 0. The molecule has 4 nitrogen and oxygen atoms in total. The number of rotatable bonds is 1. The van der Waals surface area contributed by atoms with Crippen molar-refractivity contribution in [3.63, 3.8) is 0 Å². The largest absolute Gasteiger partial charge is 0.344 e. The molecule has 5 heteroatoms. The molecule has 16 heavy (non-hydrogen) atoms. The molecule has 1 N–H and O–H groups in total.